The van der Waals surface area contributed by atoms with Gasteiger partial charge in [-0.1, -0.05) is 29.8 Å². The summed E-state index contributed by atoms with van der Waals surface area (Å²) in [4.78, 5) is 5.13. The number of para-hydroxylation sites is 1. The molecule has 0 saturated heterocycles. The normalized spacial score (nSPS) is 12.8. The van der Waals surface area contributed by atoms with Gasteiger partial charge in [-0.25, -0.2) is 0 Å². The number of aromatic nitrogens is 1. The lowest BCUT2D eigenvalue weighted by Gasteiger charge is -2.11. The molecule has 3 rings (SSSR count). The number of halogens is 1. The van der Waals surface area contributed by atoms with Crippen molar-refractivity contribution in [3.05, 3.63) is 63.4 Å². The minimum absolute atomic E-state index is 0.657. The predicted molar refractivity (Wildman–Crippen MR) is 75.1 cm³/mol. The zero-order valence-electron chi connectivity index (χ0n) is 9.38. The quantitative estimate of drug-likeness (QED) is 0.766. The van der Waals surface area contributed by atoms with Gasteiger partial charge in [0.1, 0.15) is 6.10 Å². The molecular formula is C14H10ClNOS. The van der Waals surface area contributed by atoms with E-state index in [2.05, 4.69) is 4.98 Å². The molecule has 2 nitrogen and oxygen atoms in total. The fraction of sp³-hybridized carbons (Fsp3) is 0.0714. The summed E-state index contributed by atoms with van der Waals surface area (Å²) in [6.07, 6.45) is 1.06. The molecule has 3 aromatic rings. The first-order chi connectivity index (χ1) is 8.75. The van der Waals surface area contributed by atoms with Gasteiger partial charge in [0.05, 0.1) is 9.85 Å². The van der Waals surface area contributed by atoms with Gasteiger partial charge in [0, 0.05) is 16.5 Å². The highest BCUT2D eigenvalue weighted by molar-refractivity contribution is 7.16. The molecule has 0 saturated carbocycles. The molecule has 0 fully saturated rings. The second kappa shape index (κ2) is 4.69. The van der Waals surface area contributed by atoms with Crippen molar-refractivity contribution in [1.82, 2.24) is 4.98 Å². The molecule has 90 valence electrons. The van der Waals surface area contributed by atoms with Crippen LogP contribution in [0.1, 0.15) is 16.5 Å². The van der Waals surface area contributed by atoms with Gasteiger partial charge in [-0.2, -0.15) is 0 Å². The van der Waals surface area contributed by atoms with Crippen LogP contribution in [-0.2, 0) is 0 Å². The molecule has 2 heterocycles. The second-order valence-corrected chi connectivity index (χ2v) is 5.71. The van der Waals surface area contributed by atoms with Crippen LogP contribution in [0.5, 0.6) is 0 Å². The van der Waals surface area contributed by atoms with Gasteiger partial charge in [0.15, 0.2) is 0 Å². The van der Waals surface area contributed by atoms with E-state index in [4.69, 9.17) is 11.6 Å². The van der Waals surface area contributed by atoms with Crippen molar-refractivity contribution < 1.29 is 5.11 Å². The Morgan fingerprint density at radius 1 is 1.11 bits per heavy atom. The summed E-state index contributed by atoms with van der Waals surface area (Å²) in [6.45, 7) is 0. The summed E-state index contributed by atoms with van der Waals surface area (Å²) in [6, 6.07) is 13.3. The number of thiophene rings is 1. The van der Waals surface area contributed by atoms with Crippen LogP contribution < -0.4 is 0 Å². The average Bonchev–Trinajstić information content (AvgIpc) is 2.84. The van der Waals surface area contributed by atoms with E-state index in [0.29, 0.717) is 4.34 Å². The fourth-order valence-electron chi connectivity index (χ4n) is 1.98. The number of pyridine rings is 1. The fourth-order valence-corrected chi connectivity index (χ4v) is 3.05. The van der Waals surface area contributed by atoms with Crippen LogP contribution in [-0.4, -0.2) is 10.1 Å². The smallest absolute Gasteiger partial charge is 0.114 e. The molecule has 1 unspecified atom stereocenters. The monoisotopic (exact) mass is 275 g/mol. The molecule has 0 spiro atoms. The van der Waals surface area contributed by atoms with Crippen LogP contribution in [0.3, 0.4) is 0 Å². The molecule has 1 aromatic carbocycles. The van der Waals surface area contributed by atoms with Crippen LogP contribution in [0.15, 0.2) is 48.7 Å². The first-order valence-electron chi connectivity index (χ1n) is 5.52. The molecule has 0 aliphatic carbocycles. The highest BCUT2D eigenvalue weighted by Gasteiger charge is 2.15. The summed E-state index contributed by atoms with van der Waals surface area (Å²) < 4.78 is 0.683. The van der Waals surface area contributed by atoms with Crippen molar-refractivity contribution in [3.8, 4) is 0 Å². The first-order valence-corrected chi connectivity index (χ1v) is 6.72. The molecule has 0 amide bonds. The van der Waals surface area contributed by atoms with Gasteiger partial charge in [-0.15, -0.1) is 11.3 Å². The maximum atomic E-state index is 10.4. The topological polar surface area (TPSA) is 33.1 Å². The summed E-state index contributed by atoms with van der Waals surface area (Å²) in [5.74, 6) is 0. The van der Waals surface area contributed by atoms with Gasteiger partial charge in [-0.3, -0.25) is 4.98 Å². The maximum Gasteiger partial charge on any atom is 0.114 e. The van der Waals surface area contributed by atoms with E-state index in [1.807, 2.05) is 36.4 Å². The third-order valence-corrected chi connectivity index (χ3v) is 4.12. The molecule has 4 heteroatoms. The zero-order chi connectivity index (χ0) is 12.5. The molecule has 0 radical (unpaired) electrons. The van der Waals surface area contributed by atoms with Gasteiger partial charge < -0.3 is 5.11 Å². The number of rotatable bonds is 2. The second-order valence-electron chi connectivity index (χ2n) is 3.96. The van der Waals surface area contributed by atoms with Crippen LogP contribution in [0, 0.1) is 0 Å². The SMILES string of the molecule is OC(c1ccc(Cl)s1)c1ccnc2ccccc12. The van der Waals surface area contributed by atoms with Gasteiger partial charge in [0.2, 0.25) is 0 Å². The van der Waals surface area contributed by atoms with Crippen molar-refractivity contribution in [1.29, 1.82) is 0 Å². The Balaban J connectivity index is 2.14. The minimum atomic E-state index is -0.657. The molecule has 1 atom stereocenters. The molecule has 0 aliphatic heterocycles. The summed E-state index contributed by atoms with van der Waals surface area (Å²) >= 11 is 7.30. The Morgan fingerprint density at radius 3 is 2.72 bits per heavy atom. The summed E-state index contributed by atoms with van der Waals surface area (Å²) in [7, 11) is 0. The van der Waals surface area contributed by atoms with Crippen molar-refractivity contribution in [2.45, 2.75) is 6.10 Å². The summed E-state index contributed by atoms with van der Waals surface area (Å²) in [5.41, 5.74) is 1.75. The number of nitrogens with zero attached hydrogens (tertiary/aromatic N) is 1. The molecule has 0 aliphatic rings. The van der Waals surface area contributed by atoms with Crippen molar-refractivity contribution in [2.75, 3.05) is 0 Å². The number of benzene rings is 1. The molecule has 2 aromatic heterocycles. The molecule has 1 N–H and O–H groups in total. The standard InChI is InChI=1S/C14H10ClNOS/c15-13-6-5-12(18-13)14(17)10-7-8-16-11-4-2-1-3-9(10)11/h1-8,14,17H. The molecule has 18 heavy (non-hydrogen) atoms. The number of aliphatic hydroxyl groups excluding tert-OH is 1. The van der Waals surface area contributed by atoms with Crippen LogP contribution in [0.25, 0.3) is 10.9 Å². The number of hydrogen-bond acceptors (Lipinski definition) is 3. The third kappa shape index (κ3) is 2.01. The average molecular weight is 276 g/mol. The van der Waals surface area contributed by atoms with E-state index in [9.17, 15) is 5.11 Å². The first kappa shape index (κ1) is 11.7. The molecular weight excluding hydrogens is 266 g/mol. The van der Waals surface area contributed by atoms with Crippen molar-refractivity contribution in [3.63, 3.8) is 0 Å². The number of hydrogen-bond donors (Lipinski definition) is 1. The van der Waals surface area contributed by atoms with E-state index < -0.39 is 6.10 Å². The van der Waals surface area contributed by atoms with Crippen LogP contribution >= 0.6 is 22.9 Å². The Kier molecular flexibility index (Phi) is 3.04. The number of aliphatic hydroxyl groups is 1. The Hall–Kier alpha value is -1.42. The van der Waals surface area contributed by atoms with Gasteiger partial charge in [-0.05, 0) is 29.8 Å². The van der Waals surface area contributed by atoms with Crippen molar-refractivity contribution in [2.24, 2.45) is 0 Å². The van der Waals surface area contributed by atoms with Crippen LogP contribution in [0.4, 0.5) is 0 Å². The number of fused-ring (bicyclic) bond motifs is 1. The maximum absolute atomic E-state index is 10.4. The Labute approximate surface area is 113 Å². The Bertz CT molecular complexity index is 690. The zero-order valence-corrected chi connectivity index (χ0v) is 10.9. The van der Waals surface area contributed by atoms with Crippen LogP contribution in [0.2, 0.25) is 4.34 Å². The molecule has 0 bridgehead atoms. The predicted octanol–water partition coefficient (Wildman–Crippen LogP) is 4.03. The minimum Gasteiger partial charge on any atom is -0.383 e. The highest BCUT2D eigenvalue weighted by Crippen LogP contribution is 2.33. The van der Waals surface area contributed by atoms with E-state index in [0.717, 1.165) is 21.3 Å². The van der Waals surface area contributed by atoms with Gasteiger partial charge in [0.25, 0.3) is 0 Å². The van der Waals surface area contributed by atoms with E-state index >= 15 is 0 Å². The highest BCUT2D eigenvalue weighted by atomic mass is 35.5. The van der Waals surface area contributed by atoms with Gasteiger partial charge >= 0.3 is 0 Å². The lowest BCUT2D eigenvalue weighted by molar-refractivity contribution is 0.225. The van der Waals surface area contributed by atoms with E-state index in [1.165, 1.54) is 11.3 Å². The van der Waals surface area contributed by atoms with E-state index in [-0.39, 0.29) is 0 Å². The largest absolute Gasteiger partial charge is 0.383 e. The summed E-state index contributed by atoms with van der Waals surface area (Å²) in [5, 5.41) is 11.4. The third-order valence-electron chi connectivity index (χ3n) is 2.84. The lowest BCUT2D eigenvalue weighted by Crippen LogP contribution is -1.98. The lowest BCUT2D eigenvalue weighted by atomic mass is 10.0. The van der Waals surface area contributed by atoms with Crippen molar-refractivity contribution >= 4 is 33.8 Å². The van der Waals surface area contributed by atoms with E-state index in [1.54, 1.807) is 12.3 Å². The Morgan fingerprint density at radius 2 is 1.94 bits per heavy atom.